The Labute approximate surface area is 104 Å². The van der Waals surface area contributed by atoms with Gasteiger partial charge in [-0.2, -0.15) is 4.80 Å². The summed E-state index contributed by atoms with van der Waals surface area (Å²) in [5, 5.41) is 11.5. The smallest absolute Gasteiger partial charge is 0.240 e. The van der Waals surface area contributed by atoms with Gasteiger partial charge in [-0.25, -0.2) is 13.1 Å². The lowest BCUT2D eigenvalue weighted by Gasteiger charge is -2.06. The minimum absolute atomic E-state index is 0.0988. The highest BCUT2D eigenvalue weighted by Crippen LogP contribution is 2.25. The van der Waals surface area contributed by atoms with Crippen molar-refractivity contribution in [1.29, 1.82) is 0 Å². The van der Waals surface area contributed by atoms with Crippen molar-refractivity contribution >= 4 is 15.7 Å². The maximum atomic E-state index is 11.7. The Bertz CT molecular complexity index is 678. The number of nitrogens with two attached hydrogens (primary N) is 1. The highest BCUT2D eigenvalue weighted by molar-refractivity contribution is 7.89. The number of benzene rings is 1. The van der Waals surface area contributed by atoms with Crippen LogP contribution in [0.4, 0.5) is 5.69 Å². The van der Waals surface area contributed by atoms with Gasteiger partial charge in [-0.1, -0.05) is 0 Å². The van der Waals surface area contributed by atoms with Gasteiger partial charge in [0.05, 0.1) is 11.9 Å². The molecule has 0 bridgehead atoms. The number of rotatable bonds is 3. The molecule has 8 nitrogen and oxygen atoms in total. The molecule has 0 amide bonds. The Morgan fingerprint density at radius 1 is 1.39 bits per heavy atom. The first kappa shape index (κ1) is 12.5. The lowest BCUT2D eigenvalue weighted by molar-refractivity contribution is 0.588. The van der Waals surface area contributed by atoms with E-state index < -0.39 is 10.0 Å². The molecule has 0 saturated heterocycles. The summed E-state index contributed by atoms with van der Waals surface area (Å²) >= 11 is 0. The van der Waals surface area contributed by atoms with Crippen molar-refractivity contribution in [2.75, 3.05) is 12.8 Å². The highest BCUT2D eigenvalue weighted by atomic mass is 32.2. The van der Waals surface area contributed by atoms with E-state index >= 15 is 0 Å². The minimum Gasteiger partial charge on any atom is -0.398 e. The average Bonchev–Trinajstić information content (AvgIpc) is 2.76. The molecule has 9 heteroatoms. The Balaban J connectivity index is 2.59. The van der Waals surface area contributed by atoms with Crippen molar-refractivity contribution in [2.24, 2.45) is 7.05 Å². The van der Waals surface area contributed by atoms with Crippen LogP contribution in [-0.2, 0) is 17.1 Å². The lowest BCUT2D eigenvalue weighted by Crippen LogP contribution is -2.18. The molecule has 2 aromatic rings. The first-order valence-corrected chi connectivity index (χ1v) is 6.50. The van der Waals surface area contributed by atoms with Crippen LogP contribution < -0.4 is 10.5 Å². The van der Waals surface area contributed by atoms with Gasteiger partial charge in [-0.05, 0) is 30.5 Å². The lowest BCUT2D eigenvalue weighted by atomic mass is 10.2. The molecular formula is C9H12N6O2S. The van der Waals surface area contributed by atoms with Crippen molar-refractivity contribution < 1.29 is 8.42 Å². The summed E-state index contributed by atoms with van der Waals surface area (Å²) < 4.78 is 25.6. The van der Waals surface area contributed by atoms with E-state index in [9.17, 15) is 8.42 Å². The first-order chi connectivity index (χ1) is 8.44. The summed E-state index contributed by atoms with van der Waals surface area (Å²) in [7, 11) is -0.576. The predicted octanol–water partition coefficient (Wildman–Crippen LogP) is -0.633. The van der Waals surface area contributed by atoms with Gasteiger partial charge in [-0.3, -0.25) is 0 Å². The zero-order valence-electron chi connectivity index (χ0n) is 9.82. The molecule has 1 aromatic carbocycles. The third kappa shape index (κ3) is 2.17. The Morgan fingerprint density at radius 2 is 2.11 bits per heavy atom. The fourth-order valence-corrected chi connectivity index (χ4v) is 2.16. The number of aromatic nitrogens is 4. The van der Waals surface area contributed by atoms with Gasteiger partial charge in [-0.15, -0.1) is 10.2 Å². The molecule has 0 aliphatic rings. The molecule has 0 radical (unpaired) electrons. The van der Waals surface area contributed by atoms with Crippen LogP contribution in [0, 0.1) is 0 Å². The molecule has 0 saturated carbocycles. The second kappa shape index (κ2) is 4.35. The van der Waals surface area contributed by atoms with Crippen molar-refractivity contribution in [2.45, 2.75) is 4.90 Å². The number of nitrogens with zero attached hydrogens (tertiary/aromatic N) is 4. The summed E-state index contributed by atoms with van der Waals surface area (Å²) in [6.45, 7) is 0. The van der Waals surface area contributed by atoms with Crippen LogP contribution in [-0.4, -0.2) is 35.7 Å². The standard InChI is InChI=1S/C9H12N6O2S/c1-11-18(16,17)6-3-4-8(10)7(5-6)9-12-14-15(2)13-9/h3-5,11H,10H2,1-2H3. The molecule has 1 heterocycles. The summed E-state index contributed by atoms with van der Waals surface area (Å²) in [6.07, 6.45) is 0. The van der Waals surface area contributed by atoms with Crippen LogP contribution >= 0.6 is 0 Å². The van der Waals surface area contributed by atoms with Gasteiger partial charge in [0.2, 0.25) is 15.8 Å². The van der Waals surface area contributed by atoms with Gasteiger partial charge < -0.3 is 5.73 Å². The summed E-state index contributed by atoms with van der Waals surface area (Å²) in [5.74, 6) is 0.281. The average molecular weight is 268 g/mol. The topological polar surface area (TPSA) is 116 Å². The van der Waals surface area contributed by atoms with Gasteiger partial charge in [0.1, 0.15) is 0 Å². The molecule has 0 aliphatic heterocycles. The van der Waals surface area contributed by atoms with Gasteiger partial charge in [0, 0.05) is 11.3 Å². The van der Waals surface area contributed by atoms with Gasteiger partial charge >= 0.3 is 0 Å². The second-order valence-corrected chi connectivity index (χ2v) is 5.45. The number of tetrazole rings is 1. The fraction of sp³-hybridized carbons (Fsp3) is 0.222. The van der Waals surface area contributed by atoms with Crippen LogP contribution in [0.15, 0.2) is 23.1 Å². The molecular weight excluding hydrogens is 256 g/mol. The van der Waals surface area contributed by atoms with Crippen LogP contribution in [0.25, 0.3) is 11.4 Å². The van der Waals surface area contributed by atoms with Crippen molar-refractivity contribution in [3.63, 3.8) is 0 Å². The third-order valence-corrected chi connectivity index (χ3v) is 3.77. The molecule has 1 aromatic heterocycles. The number of anilines is 1. The maximum Gasteiger partial charge on any atom is 0.240 e. The van der Waals surface area contributed by atoms with Crippen LogP contribution in [0.5, 0.6) is 0 Å². The van der Waals surface area contributed by atoms with Crippen molar-refractivity contribution in [1.82, 2.24) is 24.9 Å². The van der Waals surface area contributed by atoms with Crippen LogP contribution in [0.3, 0.4) is 0 Å². The number of aryl methyl sites for hydroxylation is 1. The zero-order chi connectivity index (χ0) is 13.3. The fourth-order valence-electron chi connectivity index (χ4n) is 1.41. The molecule has 2 rings (SSSR count). The molecule has 0 fully saturated rings. The molecule has 96 valence electrons. The number of nitrogen functional groups attached to an aromatic ring is 1. The van der Waals surface area contributed by atoms with E-state index in [0.717, 1.165) is 0 Å². The Hall–Kier alpha value is -2.00. The minimum atomic E-state index is -3.53. The largest absolute Gasteiger partial charge is 0.398 e. The molecule has 0 atom stereocenters. The normalized spacial score (nSPS) is 11.7. The number of sulfonamides is 1. The van der Waals surface area contributed by atoms with E-state index in [0.29, 0.717) is 11.3 Å². The molecule has 0 aliphatic carbocycles. The van der Waals surface area contributed by atoms with E-state index in [1.807, 2.05) is 0 Å². The third-order valence-electron chi connectivity index (χ3n) is 2.35. The van der Waals surface area contributed by atoms with E-state index in [1.165, 1.54) is 30.0 Å². The summed E-state index contributed by atoms with van der Waals surface area (Å²) in [6, 6.07) is 4.33. The summed E-state index contributed by atoms with van der Waals surface area (Å²) in [4.78, 5) is 1.37. The van der Waals surface area contributed by atoms with E-state index in [-0.39, 0.29) is 10.7 Å². The summed E-state index contributed by atoms with van der Waals surface area (Å²) in [5.41, 5.74) is 6.60. The van der Waals surface area contributed by atoms with Gasteiger partial charge in [0.15, 0.2) is 0 Å². The predicted molar refractivity (Wildman–Crippen MR) is 64.9 cm³/mol. The Morgan fingerprint density at radius 3 is 2.67 bits per heavy atom. The Kier molecular flexibility index (Phi) is 3.01. The van der Waals surface area contributed by atoms with E-state index in [4.69, 9.17) is 5.73 Å². The second-order valence-electron chi connectivity index (χ2n) is 3.56. The SMILES string of the molecule is CNS(=O)(=O)c1ccc(N)c(-c2nnn(C)n2)c1. The van der Waals surface area contributed by atoms with Crippen LogP contribution in [0.1, 0.15) is 0 Å². The van der Waals surface area contributed by atoms with E-state index in [1.54, 1.807) is 7.05 Å². The molecule has 3 N–H and O–H groups in total. The van der Waals surface area contributed by atoms with Crippen LogP contribution in [0.2, 0.25) is 0 Å². The molecule has 0 spiro atoms. The molecule has 0 unspecified atom stereocenters. The number of hydrogen-bond acceptors (Lipinski definition) is 6. The maximum absolute atomic E-state index is 11.7. The van der Waals surface area contributed by atoms with Crippen molar-refractivity contribution in [3.8, 4) is 11.4 Å². The first-order valence-electron chi connectivity index (χ1n) is 5.01. The molecule has 18 heavy (non-hydrogen) atoms. The van der Waals surface area contributed by atoms with E-state index in [2.05, 4.69) is 20.1 Å². The van der Waals surface area contributed by atoms with Crippen molar-refractivity contribution in [3.05, 3.63) is 18.2 Å². The number of hydrogen-bond donors (Lipinski definition) is 2. The quantitative estimate of drug-likeness (QED) is 0.716. The monoisotopic (exact) mass is 268 g/mol. The van der Waals surface area contributed by atoms with Gasteiger partial charge in [0.25, 0.3) is 0 Å². The highest BCUT2D eigenvalue weighted by Gasteiger charge is 2.16. The number of nitrogens with one attached hydrogen (secondary N) is 1. The zero-order valence-corrected chi connectivity index (χ0v) is 10.6.